The summed E-state index contributed by atoms with van der Waals surface area (Å²) in [5.74, 6) is 0.0635. The van der Waals surface area contributed by atoms with E-state index < -0.39 is 5.97 Å². The normalized spacial score (nSPS) is 20.1. The summed E-state index contributed by atoms with van der Waals surface area (Å²) in [5.41, 5.74) is 0.665. The van der Waals surface area contributed by atoms with Crippen LogP contribution in [0.15, 0.2) is 12.3 Å². The molecule has 0 amide bonds. The Morgan fingerprint density at radius 3 is 2.47 bits per heavy atom. The molecule has 1 saturated carbocycles. The third-order valence-electron chi connectivity index (χ3n) is 4.89. The van der Waals surface area contributed by atoms with Crippen LogP contribution in [-0.2, 0) is 0 Å². The van der Waals surface area contributed by atoms with Crippen molar-refractivity contribution in [3.63, 3.8) is 0 Å². The van der Waals surface area contributed by atoms with E-state index in [2.05, 4.69) is 38.0 Å². The van der Waals surface area contributed by atoms with Crippen molar-refractivity contribution in [1.82, 2.24) is 4.98 Å². The van der Waals surface area contributed by atoms with E-state index in [9.17, 15) is 4.79 Å². The Labute approximate surface area is 118 Å². The molecule has 0 unspecified atom stereocenters. The van der Waals surface area contributed by atoms with Gasteiger partial charge in [-0.25, -0.2) is 9.78 Å². The molecular formula is C14H19ClN2O2. The van der Waals surface area contributed by atoms with Crippen molar-refractivity contribution >= 4 is 23.4 Å². The number of carboxylic acid groups (broad SMARTS) is 1. The summed E-state index contributed by atoms with van der Waals surface area (Å²) in [6.45, 7) is 9.77. The van der Waals surface area contributed by atoms with Crippen LogP contribution in [0, 0.1) is 16.7 Å². The maximum Gasteiger partial charge on any atom is 0.337 e. The molecule has 0 saturated heterocycles. The second-order valence-electron chi connectivity index (χ2n) is 6.23. The minimum atomic E-state index is -1.04. The monoisotopic (exact) mass is 282 g/mol. The number of aromatic carboxylic acids is 1. The van der Waals surface area contributed by atoms with Gasteiger partial charge in [0.2, 0.25) is 0 Å². The highest BCUT2D eigenvalue weighted by Gasteiger charge is 2.64. The lowest BCUT2D eigenvalue weighted by Crippen LogP contribution is -2.10. The fraction of sp³-hybridized carbons (Fsp3) is 0.571. The average Bonchev–Trinajstić information content (AvgIpc) is 2.68. The highest BCUT2D eigenvalue weighted by molar-refractivity contribution is 6.33. The highest BCUT2D eigenvalue weighted by atomic mass is 35.5. The molecule has 0 bridgehead atoms. The minimum Gasteiger partial charge on any atom is -0.478 e. The molecule has 1 aliphatic carbocycles. The minimum absolute atomic E-state index is 0.0773. The summed E-state index contributed by atoms with van der Waals surface area (Å²) in [6.07, 6.45) is 1.37. The Kier molecular flexibility index (Phi) is 3.25. The standard InChI is InChI=1S/C14H19ClN2O2/c1-13(2)10(14(13,3)4)7-17-11-5-8(12(18)19)9(15)6-16-11/h5-6,10H,7H2,1-4H3,(H,16,17)(H,18,19). The lowest BCUT2D eigenvalue weighted by Gasteiger charge is -2.08. The molecule has 1 fully saturated rings. The number of hydrogen-bond donors (Lipinski definition) is 2. The molecule has 104 valence electrons. The van der Waals surface area contributed by atoms with Crippen molar-refractivity contribution in [1.29, 1.82) is 0 Å². The van der Waals surface area contributed by atoms with E-state index in [1.165, 1.54) is 12.3 Å². The Hall–Kier alpha value is -1.29. The molecule has 0 atom stereocenters. The fourth-order valence-electron chi connectivity index (χ4n) is 2.75. The molecule has 0 spiro atoms. The van der Waals surface area contributed by atoms with Crippen LogP contribution in [0.2, 0.25) is 5.02 Å². The number of carboxylic acids is 1. The van der Waals surface area contributed by atoms with Gasteiger partial charge in [-0.3, -0.25) is 0 Å². The molecule has 4 nitrogen and oxygen atoms in total. The van der Waals surface area contributed by atoms with Crippen LogP contribution in [0.5, 0.6) is 0 Å². The molecule has 5 heteroatoms. The molecule has 2 rings (SSSR count). The number of carbonyl (C=O) groups is 1. The number of aromatic nitrogens is 1. The molecular weight excluding hydrogens is 264 g/mol. The van der Waals surface area contributed by atoms with Crippen LogP contribution in [0.25, 0.3) is 0 Å². The van der Waals surface area contributed by atoms with Gasteiger partial charge in [-0.2, -0.15) is 0 Å². The Bertz CT molecular complexity index is 512. The highest BCUT2D eigenvalue weighted by Crippen LogP contribution is 2.68. The zero-order valence-electron chi connectivity index (χ0n) is 11.6. The van der Waals surface area contributed by atoms with Gasteiger partial charge in [0.15, 0.2) is 0 Å². The summed E-state index contributed by atoms with van der Waals surface area (Å²) >= 11 is 5.79. The van der Waals surface area contributed by atoms with Gasteiger partial charge in [-0.05, 0) is 22.8 Å². The Morgan fingerprint density at radius 1 is 1.42 bits per heavy atom. The molecule has 2 N–H and O–H groups in total. The van der Waals surface area contributed by atoms with Crippen molar-refractivity contribution in [2.45, 2.75) is 27.7 Å². The van der Waals surface area contributed by atoms with Gasteiger partial charge in [-0.1, -0.05) is 39.3 Å². The van der Waals surface area contributed by atoms with Gasteiger partial charge >= 0.3 is 5.97 Å². The molecule has 19 heavy (non-hydrogen) atoms. The van der Waals surface area contributed by atoms with Crippen molar-refractivity contribution < 1.29 is 9.90 Å². The van der Waals surface area contributed by atoms with Gasteiger partial charge < -0.3 is 10.4 Å². The molecule has 0 radical (unpaired) electrons. The molecule has 1 heterocycles. The first-order valence-electron chi connectivity index (χ1n) is 6.30. The number of halogens is 1. The molecule has 1 aromatic heterocycles. The first kappa shape index (κ1) is 14.1. The number of anilines is 1. The number of nitrogens with zero attached hydrogens (tertiary/aromatic N) is 1. The first-order chi connectivity index (χ1) is 8.68. The third-order valence-corrected chi connectivity index (χ3v) is 5.19. The smallest absolute Gasteiger partial charge is 0.337 e. The topological polar surface area (TPSA) is 62.2 Å². The quantitative estimate of drug-likeness (QED) is 0.887. The number of nitrogens with one attached hydrogen (secondary N) is 1. The zero-order valence-corrected chi connectivity index (χ0v) is 12.4. The summed E-state index contributed by atoms with van der Waals surface area (Å²) < 4.78 is 0. The van der Waals surface area contributed by atoms with Crippen LogP contribution in [0.4, 0.5) is 5.82 Å². The van der Waals surface area contributed by atoms with Gasteiger partial charge in [0, 0.05) is 12.7 Å². The van der Waals surface area contributed by atoms with Crippen LogP contribution >= 0.6 is 11.6 Å². The lowest BCUT2D eigenvalue weighted by atomic mass is 10.0. The number of hydrogen-bond acceptors (Lipinski definition) is 3. The number of pyridine rings is 1. The second kappa shape index (κ2) is 4.37. The summed E-state index contributed by atoms with van der Waals surface area (Å²) in [5, 5.41) is 12.4. The lowest BCUT2D eigenvalue weighted by molar-refractivity contribution is 0.0697. The molecule has 0 aliphatic heterocycles. The zero-order chi connectivity index (χ0) is 14.4. The van der Waals surface area contributed by atoms with E-state index >= 15 is 0 Å². The van der Waals surface area contributed by atoms with Crippen molar-refractivity contribution in [3.05, 3.63) is 22.8 Å². The van der Waals surface area contributed by atoms with E-state index in [0.29, 0.717) is 22.6 Å². The second-order valence-corrected chi connectivity index (χ2v) is 6.64. The summed E-state index contributed by atoms with van der Waals surface area (Å²) in [4.78, 5) is 15.1. The summed E-state index contributed by atoms with van der Waals surface area (Å²) in [7, 11) is 0. The molecule has 1 aromatic rings. The Morgan fingerprint density at radius 2 is 2.00 bits per heavy atom. The van der Waals surface area contributed by atoms with Crippen LogP contribution in [0.3, 0.4) is 0 Å². The predicted molar refractivity (Wildman–Crippen MR) is 75.7 cm³/mol. The van der Waals surface area contributed by atoms with Gasteiger partial charge in [0.25, 0.3) is 0 Å². The molecule has 1 aliphatic rings. The van der Waals surface area contributed by atoms with E-state index in [4.69, 9.17) is 16.7 Å². The number of rotatable bonds is 4. The van der Waals surface area contributed by atoms with Gasteiger partial charge in [0.1, 0.15) is 5.82 Å². The van der Waals surface area contributed by atoms with E-state index in [1.807, 2.05) is 0 Å². The fourth-order valence-corrected chi connectivity index (χ4v) is 2.93. The largest absolute Gasteiger partial charge is 0.478 e. The van der Waals surface area contributed by atoms with Crippen molar-refractivity contribution in [2.24, 2.45) is 16.7 Å². The van der Waals surface area contributed by atoms with Crippen molar-refractivity contribution in [2.75, 3.05) is 11.9 Å². The van der Waals surface area contributed by atoms with Gasteiger partial charge in [-0.15, -0.1) is 0 Å². The first-order valence-corrected chi connectivity index (χ1v) is 6.68. The van der Waals surface area contributed by atoms with E-state index in [0.717, 1.165) is 6.54 Å². The summed E-state index contributed by atoms with van der Waals surface area (Å²) in [6, 6.07) is 1.48. The SMILES string of the molecule is CC1(C)C(CNc2cc(C(=O)O)c(Cl)cn2)C1(C)C. The van der Waals surface area contributed by atoms with Crippen LogP contribution in [0.1, 0.15) is 38.1 Å². The maximum absolute atomic E-state index is 11.0. The molecule has 0 aromatic carbocycles. The van der Waals surface area contributed by atoms with Gasteiger partial charge in [0.05, 0.1) is 10.6 Å². The van der Waals surface area contributed by atoms with Crippen LogP contribution in [-0.4, -0.2) is 22.6 Å². The van der Waals surface area contributed by atoms with E-state index in [-0.39, 0.29) is 10.6 Å². The van der Waals surface area contributed by atoms with E-state index in [1.54, 1.807) is 0 Å². The maximum atomic E-state index is 11.0. The predicted octanol–water partition coefficient (Wildman–Crippen LogP) is 3.53. The average molecular weight is 283 g/mol. The Balaban J connectivity index is 2.06. The van der Waals surface area contributed by atoms with Crippen LogP contribution < -0.4 is 5.32 Å². The van der Waals surface area contributed by atoms with Crippen molar-refractivity contribution in [3.8, 4) is 0 Å². The third kappa shape index (κ3) is 2.29.